The van der Waals surface area contributed by atoms with E-state index in [0.29, 0.717) is 13.0 Å². The van der Waals surface area contributed by atoms with Gasteiger partial charge >= 0.3 is 0 Å². The Labute approximate surface area is 180 Å². The molecule has 9 heteroatoms. The lowest BCUT2D eigenvalue weighted by molar-refractivity contribution is 0.313. The summed E-state index contributed by atoms with van der Waals surface area (Å²) in [5.74, 6) is 0.254. The molecule has 0 spiro atoms. The van der Waals surface area contributed by atoms with Crippen LogP contribution in [0.2, 0.25) is 0 Å². The highest BCUT2D eigenvalue weighted by Crippen LogP contribution is 2.35. The second kappa shape index (κ2) is 8.60. The van der Waals surface area contributed by atoms with Crippen LogP contribution >= 0.6 is 0 Å². The van der Waals surface area contributed by atoms with Gasteiger partial charge in [0.25, 0.3) is 0 Å². The normalized spacial score (nSPS) is 17.4. The average molecular weight is 443 g/mol. The zero-order valence-electron chi connectivity index (χ0n) is 17.0. The van der Waals surface area contributed by atoms with Crippen LogP contribution in [0.15, 0.2) is 59.6 Å². The van der Waals surface area contributed by atoms with Gasteiger partial charge in [0, 0.05) is 30.8 Å². The van der Waals surface area contributed by atoms with Crippen molar-refractivity contribution in [1.82, 2.24) is 14.3 Å². The van der Waals surface area contributed by atoms with E-state index in [1.54, 1.807) is 13.3 Å². The summed E-state index contributed by atoms with van der Waals surface area (Å²) in [6.45, 7) is 0.661. The summed E-state index contributed by atoms with van der Waals surface area (Å²) in [7, 11) is -2.14. The Balaban J connectivity index is 1.66. The van der Waals surface area contributed by atoms with Gasteiger partial charge in [0.05, 0.1) is 17.7 Å². The molecular formula is C22H23FN4O3S. The Morgan fingerprint density at radius 2 is 1.84 bits per heavy atom. The smallest absolute Gasteiger partial charge is 0.243 e. The van der Waals surface area contributed by atoms with Gasteiger partial charge in [-0.3, -0.25) is 0 Å². The number of ether oxygens (including phenoxy) is 1. The van der Waals surface area contributed by atoms with Crippen LogP contribution in [0.4, 0.5) is 10.3 Å². The number of hydrogen-bond donors (Lipinski definition) is 1. The molecule has 2 aromatic carbocycles. The second-order valence-corrected chi connectivity index (χ2v) is 9.35. The summed E-state index contributed by atoms with van der Waals surface area (Å²) in [5, 5.41) is 0. The molecule has 1 aliphatic heterocycles. The highest BCUT2D eigenvalue weighted by atomic mass is 32.2. The fraction of sp³-hybridized carbons (Fsp3) is 0.273. The van der Waals surface area contributed by atoms with Gasteiger partial charge in [-0.15, -0.1) is 0 Å². The number of nitrogens with two attached hydrogens (primary N) is 1. The van der Waals surface area contributed by atoms with Crippen LogP contribution in [-0.4, -0.2) is 42.9 Å². The van der Waals surface area contributed by atoms with Crippen molar-refractivity contribution in [2.24, 2.45) is 0 Å². The number of nitrogens with zero attached hydrogens (tertiary/aromatic N) is 3. The predicted molar refractivity (Wildman–Crippen MR) is 116 cm³/mol. The maximum absolute atomic E-state index is 13.2. The number of piperidine rings is 1. The van der Waals surface area contributed by atoms with E-state index in [4.69, 9.17) is 10.5 Å². The van der Waals surface area contributed by atoms with Crippen LogP contribution in [0, 0.1) is 5.82 Å². The first-order valence-electron chi connectivity index (χ1n) is 9.91. The van der Waals surface area contributed by atoms with Crippen molar-refractivity contribution in [1.29, 1.82) is 0 Å². The number of benzene rings is 2. The molecule has 2 heterocycles. The largest absolute Gasteiger partial charge is 0.497 e. The molecule has 7 nitrogen and oxygen atoms in total. The monoisotopic (exact) mass is 442 g/mol. The van der Waals surface area contributed by atoms with Crippen LogP contribution < -0.4 is 10.5 Å². The molecule has 1 atom stereocenters. The molecule has 4 rings (SSSR count). The molecule has 0 bridgehead atoms. The Bertz CT molecular complexity index is 1170. The van der Waals surface area contributed by atoms with Crippen LogP contribution in [0.25, 0.3) is 11.1 Å². The van der Waals surface area contributed by atoms with E-state index in [-0.39, 0.29) is 23.3 Å². The maximum Gasteiger partial charge on any atom is 0.243 e. The van der Waals surface area contributed by atoms with Crippen molar-refractivity contribution < 1.29 is 17.5 Å². The Morgan fingerprint density at radius 3 is 2.52 bits per heavy atom. The minimum Gasteiger partial charge on any atom is -0.497 e. The topological polar surface area (TPSA) is 98.4 Å². The first-order valence-corrected chi connectivity index (χ1v) is 11.3. The molecule has 3 aromatic rings. The van der Waals surface area contributed by atoms with Crippen molar-refractivity contribution in [3.63, 3.8) is 0 Å². The van der Waals surface area contributed by atoms with Crippen molar-refractivity contribution in [3.05, 3.63) is 66.2 Å². The summed E-state index contributed by atoms with van der Waals surface area (Å²) in [6, 6.07) is 12.4. The average Bonchev–Trinajstić information content (AvgIpc) is 2.79. The van der Waals surface area contributed by atoms with Crippen LogP contribution in [0.1, 0.15) is 24.5 Å². The quantitative estimate of drug-likeness (QED) is 0.650. The summed E-state index contributed by atoms with van der Waals surface area (Å²) < 4.78 is 46.1. The number of aromatic nitrogens is 2. The molecule has 162 valence electrons. The zero-order valence-corrected chi connectivity index (χ0v) is 17.8. The molecule has 31 heavy (non-hydrogen) atoms. The second-order valence-electron chi connectivity index (χ2n) is 7.41. The van der Waals surface area contributed by atoms with Gasteiger partial charge in [-0.05, 0) is 54.8 Å². The first-order chi connectivity index (χ1) is 14.9. The Kier molecular flexibility index (Phi) is 5.88. The summed E-state index contributed by atoms with van der Waals surface area (Å²) in [4.78, 5) is 8.70. The lowest BCUT2D eigenvalue weighted by Crippen LogP contribution is -2.39. The fourth-order valence-electron chi connectivity index (χ4n) is 3.85. The van der Waals surface area contributed by atoms with Gasteiger partial charge in [-0.2, -0.15) is 4.31 Å². The molecule has 0 radical (unpaired) electrons. The highest BCUT2D eigenvalue weighted by molar-refractivity contribution is 7.89. The molecule has 0 unspecified atom stereocenters. The van der Waals surface area contributed by atoms with Gasteiger partial charge < -0.3 is 10.5 Å². The number of anilines is 1. The van der Waals surface area contributed by atoms with Gasteiger partial charge in [0.15, 0.2) is 0 Å². The number of nitrogen functional groups attached to an aromatic ring is 1. The van der Waals surface area contributed by atoms with E-state index < -0.39 is 15.8 Å². The van der Waals surface area contributed by atoms with Crippen molar-refractivity contribution in [3.8, 4) is 16.9 Å². The molecule has 0 saturated carbocycles. The van der Waals surface area contributed by atoms with E-state index in [1.165, 1.54) is 16.4 Å². The van der Waals surface area contributed by atoms with Crippen LogP contribution in [-0.2, 0) is 10.0 Å². The molecule has 0 aliphatic carbocycles. The third kappa shape index (κ3) is 4.38. The van der Waals surface area contributed by atoms with Gasteiger partial charge in [-0.25, -0.2) is 22.8 Å². The summed E-state index contributed by atoms with van der Waals surface area (Å²) >= 11 is 0. The summed E-state index contributed by atoms with van der Waals surface area (Å²) in [5.41, 5.74) is 8.30. The maximum atomic E-state index is 13.2. The minimum atomic E-state index is -3.74. The minimum absolute atomic E-state index is 0.0760. The van der Waals surface area contributed by atoms with E-state index in [2.05, 4.69) is 9.97 Å². The molecular weight excluding hydrogens is 419 g/mol. The van der Waals surface area contributed by atoms with Crippen molar-refractivity contribution in [2.75, 3.05) is 25.9 Å². The lowest BCUT2D eigenvalue weighted by Gasteiger charge is -2.32. The molecule has 1 fully saturated rings. The molecule has 1 saturated heterocycles. The van der Waals surface area contributed by atoms with E-state index in [9.17, 15) is 12.8 Å². The Hall–Kier alpha value is -3.04. The molecule has 1 aliphatic rings. The number of halogens is 1. The third-order valence-corrected chi connectivity index (χ3v) is 7.34. The van der Waals surface area contributed by atoms with E-state index in [0.717, 1.165) is 41.1 Å². The summed E-state index contributed by atoms with van der Waals surface area (Å²) in [6.07, 6.45) is 3.12. The highest BCUT2D eigenvalue weighted by Gasteiger charge is 2.32. The van der Waals surface area contributed by atoms with Gasteiger partial charge in [-0.1, -0.05) is 12.1 Å². The van der Waals surface area contributed by atoms with Gasteiger partial charge in [0.1, 0.15) is 11.6 Å². The number of sulfonamides is 1. The number of hydrogen-bond acceptors (Lipinski definition) is 6. The SMILES string of the molecule is COc1ccc(-c2cnc(N)nc2[C@@H]2CCCN(S(=O)(=O)c3ccc(F)cc3)C2)cc1. The van der Waals surface area contributed by atoms with Gasteiger partial charge in [0.2, 0.25) is 16.0 Å². The molecule has 2 N–H and O–H groups in total. The first kappa shape index (κ1) is 21.2. The third-order valence-electron chi connectivity index (χ3n) is 5.46. The standard InChI is InChI=1S/C22H23FN4O3S/c1-30-18-8-4-15(5-9-18)20-13-25-22(24)26-21(20)16-3-2-12-27(14-16)31(28,29)19-10-6-17(23)7-11-19/h4-11,13,16H,2-3,12,14H2,1H3,(H2,24,25,26)/t16-/m1/s1. The molecule has 0 amide bonds. The number of methoxy groups -OCH3 is 1. The number of rotatable bonds is 5. The fourth-order valence-corrected chi connectivity index (χ4v) is 5.38. The van der Waals surface area contributed by atoms with E-state index >= 15 is 0 Å². The van der Waals surface area contributed by atoms with Crippen molar-refractivity contribution in [2.45, 2.75) is 23.7 Å². The van der Waals surface area contributed by atoms with Crippen LogP contribution in [0.3, 0.4) is 0 Å². The zero-order chi connectivity index (χ0) is 22.0. The van der Waals surface area contributed by atoms with Crippen LogP contribution in [0.5, 0.6) is 5.75 Å². The Morgan fingerprint density at radius 1 is 1.13 bits per heavy atom. The van der Waals surface area contributed by atoms with E-state index in [1.807, 2.05) is 24.3 Å². The van der Waals surface area contributed by atoms with Crippen molar-refractivity contribution >= 4 is 16.0 Å². The lowest BCUT2D eigenvalue weighted by atomic mass is 9.91. The predicted octanol–water partition coefficient (Wildman–Crippen LogP) is 3.44. The molecule has 1 aromatic heterocycles.